The third-order valence-electron chi connectivity index (χ3n) is 3.32. The Morgan fingerprint density at radius 2 is 2.05 bits per heavy atom. The Hall–Kier alpha value is -1.80. The van der Waals surface area contributed by atoms with Crippen LogP contribution in [0.2, 0.25) is 0 Å². The summed E-state index contributed by atoms with van der Waals surface area (Å²) in [5, 5.41) is 0. The van der Waals surface area contributed by atoms with Gasteiger partial charge in [0.05, 0.1) is 4.90 Å². The Kier molecular flexibility index (Phi) is 3.06. The molecule has 2 heterocycles. The standard InChI is InChI=1S/C12H14N2O5S/c1-14-6-8(4-12(14)15)13-20(16,17)9-2-3-10-11(5-9)19-7-18-10/h2-3,5,8,13H,4,6-7H2,1H3. The molecular formula is C12H14N2O5S. The summed E-state index contributed by atoms with van der Waals surface area (Å²) in [5.74, 6) is 0.871. The number of likely N-dealkylation sites (N-methyl/N-ethyl adjacent to an activating group) is 1. The summed E-state index contributed by atoms with van der Waals surface area (Å²) in [6, 6.07) is 4.03. The highest BCUT2D eigenvalue weighted by Crippen LogP contribution is 2.33. The normalized spacial score (nSPS) is 21.6. The fourth-order valence-electron chi connectivity index (χ4n) is 2.27. The minimum Gasteiger partial charge on any atom is -0.454 e. The molecule has 0 saturated carbocycles. The molecule has 2 aliphatic heterocycles. The van der Waals surface area contributed by atoms with Crippen LogP contribution in [-0.2, 0) is 14.8 Å². The summed E-state index contributed by atoms with van der Waals surface area (Å²) in [4.78, 5) is 13.0. The van der Waals surface area contributed by atoms with Crippen LogP contribution in [0.1, 0.15) is 6.42 Å². The zero-order chi connectivity index (χ0) is 14.3. The Morgan fingerprint density at radius 1 is 1.30 bits per heavy atom. The van der Waals surface area contributed by atoms with Crippen LogP contribution in [0.15, 0.2) is 23.1 Å². The second kappa shape index (κ2) is 4.64. The number of carbonyl (C=O) groups excluding carboxylic acids is 1. The van der Waals surface area contributed by atoms with Crippen molar-refractivity contribution in [2.24, 2.45) is 0 Å². The molecule has 0 aromatic heterocycles. The smallest absolute Gasteiger partial charge is 0.241 e. The van der Waals surface area contributed by atoms with Gasteiger partial charge < -0.3 is 14.4 Å². The van der Waals surface area contributed by atoms with Crippen LogP contribution in [0.4, 0.5) is 0 Å². The number of likely N-dealkylation sites (tertiary alicyclic amines) is 1. The molecule has 1 fully saturated rings. The Labute approximate surface area is 116 Å². The van der Waals surface area contributed by atoms with Crippen LogP contribution in [0.25, 0.3) is 0 Å². The van der Waals surface area contributed by atoms with Gasteiger partial charge in [0.2, 0.25) is 22.7 Å². The van der Waals surface area contributed by atoms with E-state index in [1.807, 2.05) is 0 Å². The summed E-state index contributed by atoms with van der Waals surface area (Å²) in [7, 11) is -2.03. The van der Waals surface area contributed by atoms with Gasteiger partial charge in [-0.1, -0.05) is 0 Å². The lowest BCUT2D eigenvalue weighted by molar-refractivity contribution is -0.126. The zero-order valence-electron chi connectivity index (χ0n) is 10.8. The fourth-order valence-corrected chi connectivity index (χ4v) is 3.52. The molecule has 1 amide bonds. The number of nitrogens with one attached hydrogen (secondary N) is 1. The van der Waals surface area contributed by atoms with Crippen LogP contribution in [0.3, 0.4) is 0 Å². The summed E-state index contributed by atoms with van der Waals surface area (Å²) >= 11 is 0. The molecule has 0 radical (unpaired) electrons. The summed E-state index contributed by atoms with van der Waals surface area (Å²) in [6.07, 6.45) is 0.181. The van der Waals surface area contributed by atoms with Crippen molar-refractivity contribution in [3.63, 3.8) is 0 Å². The first-order valence-electron chi connectivity index (χ1n) is 6.12. The Balaban J connectivity index is 1.80. The average molecular weight is 298 g/mol. The first-order chi connectivity index (χ1) is 9.45. The van der Waals surface area contributed by atoms with E-state index in [9.17, 15) is 13.2 Å². The number of hydrogen-bond donors (Lipinski definition) is 1. The van der Waals surface area contributed by atoms with Gasteiger partial charge in [-0.3, -0.25) is 4.79 Å². The van der Waals surface area contributed by atoms with Gasteiger partial charge in [-0.15, -0.1) is 0 Å². The maximum absolute atomic E-state index is 12.3. The van der Waals surface area contributed by atoms with Gasteiger partial charge in [0.15, 0.2) is 11.5 Å². The number of benzene rings is 1. The number of nitrogens with zero attached hydrogens (tertiary/aromatic N) is 1. The Bertz CT molecular complexity index is 658. The van der Waals surface area contributed by atoms with E-state index in [-0.39, 0.29) is 24.0 Å². The number of fused-ring (bicyclic) bond motifs is 1. The molecule has 1 atom stereocenters. The highest BCUT2D eigenvalue weighted by molar-refractivity contribution is 7.89. The van der Waals surface area contributed by atoms with Crippen molar-refractivity contribution in [2.45, 2.75) is 17.4 Å². The van der Waals surface area contributed by atoms with E-state index in [1.54, 1.807) is 13.1 Å². The van der Waals surface area contributed by atoms with E-state index in [1.165, 1.54) is 17.0 Å². The van der Waals surface area contributed by atoms with E-state index >= 15 is 0 Å². The van der Waals surface area contributed by atoms with E-state index in [0.717, 1.165) is 0 Å². The van der Waals surface area contributed by atoms with Crippen molar-refractivity contribution >= 4 is 15.9 Å². The van der Waals surface area contributed by atoms with Crippen LogP contribution >= 0.6 is 0 Å². The molecule has 1 saturated heterocycles. The minimum atomic E-state index is -3.68. The summed E-state index contributed by atoms with van der Waals surface area (Å²) in [6.45, 7) is 0.469. The molecule has 1 aromatic carbocycles. The molecule has 3 rings (SSSR count). The molecule has 0 bridgehead atoms. The van der Waals surface area contributed by atoms with Crippen molar-refractivity contribution in [1.82, 2.24) is 9.62 Å². The zero-order valence-corrected chi connectivity index (χ0v) is 11.6. The van der Waals surface area contributed by atoms with Crippen molar-refractivity contribution in [1.29, 1.82) is 0 Å². The molecule has 2 aliphatic rings. The third-order valence-corrected chi connectivity index (χ3v) is 4.84. The molecular weight excluding hydrogens is 284 g/mol. The molecule has 1 N–H and O–H groups in total. The number of sulfonamides is 1. The van der Waals surface area contributed by atoms with Crippen LogP contribution < -0.4 is 14.2 Å². The summed E-state index contributed by atoms with van der Waals surface area (Å²) in [5.41, 5.74) is 0. The molecule has 1 aromatic rings. The number of hydrogen-bond acceptors (Lipinski definition) is 5. The topological polar surface area (TPSA) is 84.9 Å². The largest absolute Gasteiger partial charge is 0.454 e. The van der Waals surface area contributed by atoms with Crippen LogP contribution in [0, 0.1) is 0 Å². The van der Waals surface area contributed by atoms with Gasteiger partial charge in [0.1, 0.15) is 0 Å². The maximum atomic E-state index is 12.3. The van der Waals surface area contributed by atoms with Gasteiger partial charge >= 0.3 is 0 Å². The van der Waals surface area contributed by atoms with Crippen molar-refractivity contribution < 1.29 is 22.7 Å². The van der Waals surface area contributed by atoms with Crippen LogP contribution in [0.5, 0.6) is 11.5 Å². The van der Waals surface area contributed by atoms with Crippen molar-refractivity contribution in [3.8, 4) is 11.5 Å². The molecule has 0 aliphatic carbocycles. The number of ether oxygens (including phenoxy) is 2. The van der Waals surface area contributed by atoms with Gasteiger partial charge in [-0.2, -0.15) is 0 Å². The first kappa shape index (κ1) is 13.2. The number of amides is 1. The van der Waals surface area contributed by atoms with E-state index in [2.05, 4.69) is 4.72 Å². The predicted molar refractivity (Wildman–Crippen MR) is 68.9 cm³/mol. The molecule has 0 spiro atoms. The highest BCUT2D eigenvalue weighted by atomic mass is 32.2. The average Bonchev–Trinajstić information content (AvgIpc) is 2.95. The fraction of sp³-hybridized carbons (Fsp3) is 0.417. The van der Waals surface area contributed by atoms with Gasteiger partial charge in [-0.25, -0.2) is 13.1 Å². The molecule has 7 nitrogen and oxygen atoms in total. The van der Waals surface area contributed by atoms with Crippen molar-refractivity contribution in [2.75, 3.05) is 20.4 Å². The monoisotopic (exact) mass is 298 g/mol. The molecule has 8 heteroatoms. The third kappa shape index (κ3) is 2.32. The van der Waals surface area contributed by atoms with Gasteiger partial charge in [-0.05, 0) is 12.1 Å². The summed E-state index contributed by atoms with van der Waals surface area (Å²) < 4.78 is 37.4. The second-order valence-electron chi connectivity index (χ2n) is 4.81. The lowest BCUT2D eigenvalue weighted by Crippen LogP contribution is -2.36. The lowest BCUT2D eigenvalue weighted by atomic mass is 10.3. The van der Waals surface area contributed by atoms with E-state index in [4.69, 9.17) is 9.47 Å². The van der Waals surface area contributed by atoms with Gasteiger partial charge in [0, 0.05) is 32.1 Å². The quantitative estimate of drug-likeness (QED) is 0.844. The maximum Gasteiger partial charge on any atom is 0.241 e. The van der Waals surface area contributed by atoms with E-state index < -0.39 is 16.1 Å². The Morgan fingerprint density at radius 3 is 2.75 bits per heavy atom. The lowest BCUT2D eigenvalue weighted by Gasteiger charge is -2.13. The second-order valence-corrected chi connectivity index (χ2v) is 6.53. The molecule has 1 unspecified atom stereocenters. The van der Waals surface area contributed by atoms with Crippen LogP contribution in [-0.4, -0.2) is 45.7 Å². The number of rotatable bonds is 3. The number of carbonyl (C=O) groups is 1. The SMILES string of the molecule is CN1CC(NS(=O)(=O)c2ccc3c(c2)OCO3)CC1=O. The predicted octanol–water partition coefficient (Wildman–Crippen LogP) is -0.0757. The van der Waals surface area contributed by atoms with Gasteiger partial charge in [0.25, 0.3) is 0 Å². The molecule has 20 heavy (non-hydrogen) atoms. The first-order valence-corrected chi connectivity index (χ1v) is 7.60. The minimum absolute atomic E-state index is 0.0663. The highest BCUT2D eigenvalue weighted by Gasteiger charge is 2.31. The van der Waals surface area contributed by atoms with E-state index in [0.29, 0.717) is 18.0 Å². The van der Waals surface area contributed by atoms with Crippen molar-refractivity contribution in [3.05, 3.63) is 18.2 Å². The molecule has 108 valence electrons.